The van der Waals surface area contributed by atoms with Crippen molar-refractivity contribution < 1.29 is 27.7 Å². The second-order valence-corrected chi connectivity index (χ2v) is 8.85. The average Bonchev–Trinajstić information content (AvgIpc) is 2.76. The van der Waals surface area contributed by atoms with Gasteiger partial charge in [0, 0.05) is 38.9 Å². The third kappa shape index (κ3) is 7.68. The molecule has 2 rings (SSSR count). The third-order valence-corrected chi connectivity index (χ3v) is 6.04. The molecule has 12 heteroatoms. The summed E-state index contributed by atoms with van der Waals surface area (Å²) in [6, 6.07) is 10.6. The van der Waals surface area contributed by atoms with E-state index in [2.05, 4.69) is 10.6 Å². The van der Waals surface area contributed by atoms with E-state index in [1.807, 2.05) is 4.72 Å². The van der Waals surface area contributed by atoms with Crippen LogP contribution < -0.4 is 15.4 Å². The van der Waals surface area contributed by atoms with Crippen LogP contribution in [0, 0.1) is 10.1 Å². The molecule has 176 valence electrons. The lowest BCUT2D eigenvalue weighted by Gasteiger charge is -2.17. The van der Waals surface area contributed by atoms with Crippen molar-refractivity contribution in [3.63, 3.8) is 0 Å². The van der Waals surface area contributed by atoms with Crippen molar-refractivity contribution in [3.05, 3.63) is 69.8 Å². The molecule has 0 bridgehead atoms. The summed E-state index contributed by atoms with van der Waals surface area (Å²) in [4.78, 5) is 45.9. The van der Waals surface area contributed by atoms with E-state index in [-0.39, 0.29) is 29.8 Å². The molecule has 3 N–H and O–H groups in total. The maximum atomic E-state index is 12.5. The normalized spacial score (nSPS) is 11.8. The number of hydrogen-bond acceptors (Lipinski definition) is 7. The van der Waals surface area contributed by atoms with Gasteiger partial charge >= 0.3 is 0 Å². The van der Waals surface area contributed by atoms with Crippen LogP contribution in [0.3, 0.4) is 0 Å². The van der Waals surface area contributed by atoms with Crippen LogP contribution in [0.25, 0.3) is 0 Å². The van der Waals surface area contributed by atoms with Crippen LogP contribution in [0.1, 0.15) is 24.5 Å². The number of carbonyl (C=O) groups excluding carboxylic acids is 3. The van der Waals surface area contributed by atoms with Crippen molar-refractivity contribution in [2.45, 2.75) is 37.1 Å². The van der Waals surface area contributed by atoms with Crippen molar-refractivity contribution in [3.8, 4) is 0 Å². The molecule has 0 spiro atoms. The first kappa shape index (κ1) is 25.5. The van der Waals surface area contributed by atoms with E-state index in [1.54, 1.807) is 6.07 Å². The third-order valence-electron chi connectivity index (χ3n) is 4.61. The molecule has 11 nitrogen and oxygen atoms in total. The monoisotopic (exact) mass is 476 g/mol. The summed E-state index contributed by atoms with van der Waals surface area (Å²) >= 11 is 0. The number of sulfonamides is 1. The Morgan fingerprint density at radius 2 is 1.73 bits per heavy atom. The van der Waals surface area contributed by atoms with Crippen LogP contribution in [-0.4, -0.2) is 44.2 Å². The van der Waals surface area contributed by atoms with Gasteiger partial charge in [0.15, 0.2) is 0 Å². The fraction of sp³-hybridized carbons (Fsp3) is 0.286. The van der Waals surface area contributed by atoms with Gasteiger partial charge in [0.2, 0.25) is 17.7 Å². The number of nitrogens with one attached hydrogen (secondary N) is 3. The quantitative estimate of drug-likeness (QED) is 0.337. The van der Waals surface area contributed by atoms with Gasteiger partial charge in [-0.25, -0.2) is 13.1 Å². The standard InChI is InChI=1S/C21H24N4O7S/c1-14(26)24-33(31,32)18-5-3-4-15(12-18)8-11-20(27)23-19(21(28)22-2)13-16-6-9-17(10-7-16)25(29)30/h3-7,9-10,12,19H,8,11,13H2,1-2H3,(H,22,28)(H,23,27)(H,24,26)/t19-/m0/s1. The number of aryl methyl sites for hydroxylation is 1. The van der Waals surface area contributed by atoms with E-state index in [0.717, 1.165) is 6.92 Å². The minimum Gasteiger partial charge on any atom is -0.357 e. The zero-order valence-electron chi connectivity index (χ0n) is 18.0. The summed E-state index contributed by atoms with van der Waals surface area (Å²) in [5.41, 5.74) is 1.11. The molecule has 33 heavy (non-hydrogen) atoms. The fourth-order valence-electron chi connectivity index (χ4n) is 3.01. The highest BCUT2D eigenvalue weighted by Gasteiger charge is 2.21. The first-order chi connectivity index (χ1) is 15.5. The molecule has 0 fully saturated rings. The van der Waals surface area contributed by atoms with Gasteiger partial charge in [0.25, 0.3) is 15.7 Å². The largest absolute Gasteiger partial charge is 0.357 e. The molecular weight excluding hydrogens is 452 g/mol. The maximum absolute atomic E-state index is 12.5. The summed E-state index contributed by atoms with van der Waals surface area (Å²) < 4.78 is 26.1. The van der Waals surface area contributed by atoms with Gasteiger partial charge in [-0.05, 0) is 29.7 Å². The number of carbonyl (C=O) groups is 3. The van der Waals surface area contributed by atoms with Crippen LogP contribution in [0.15, 0.2) is 53.4 Å². The van der Waals surface area contributed by atoms with Crippen LogP contribution in [0.5, 0.6) is 0 Å². The van der Waals surface area contributed by atoms with E-state index in [4.69, 9.17) is 0 Å². The Balaban J connectivity index is 2.03. The number of rotatable bonds is 10. The Morgan fingerprint density at radius 1 is 1.06 bits per heavy atom. The minimum absolute atomic E-state index is 0.0165. The van der Waals surface area contributed by atoms with Crippen LogP contribution >= 0.6 is 0 Å². The molecule has 2 aromatic rings. The maximum Gasteiger partial charge on any atom is 0.269 e. The van der Waals surface area contributed by atoms with E-state index in [1.165, 1.54) is 49.5 Å². The number of nitro groups is 1. The van der Waals surface area contributed by atoms with Crippen LogP contribution in [0.4, 0.5) is 5.69 Å². The van der Waals surface area contributed by atoms with Crippen molar-refractivity contribution in [2.24, 2.45) is 0 Å². The molecule has 3 amide bonds. The van der Waals surface area contributed by atoms with Gasteiger partial charge in [-0.15, -0.1) is 0 Å². The first-order valence-electron chi connectivity index (χ1n) is 9.88. The Labute approximate surface area is 190 Å². The molecule has 1 atom stereocenters. The molecule has 0 unspecified atom stereocenters. The van der Waals surface area contributed by atoms with Crippen molar-refractivity contribution >= 4 is 33.4 Å². The first-order valence-corrected chi connectivity index (χ1v) is 11.4. The second kappa shape index (κ2) is 11.2. The van der Waals surface area contributed by atoms with Gasteiger partial charge in [-0.3, -0.25) is 24.5 Å². The van der Waals surface area contributed by atoms with Crippen LogP contribution in [-0.2, 0) is 37.2 Å². The second-order valence-electron chi connectivity index (χ2n) is 7.17. The summed E-state index contributed by atoms with van der Waals surface area (Å²) in [6.45, 7) is 1.09. The highest BCUT2D eigenvalue weighted by atomic mass is 32.2. The molecule has 0 aliphatic heterocycles. The summed E-state index contributed by atoms with van der Waals surface area (Å²) in [5.74, 6) is -1.57. The number of amides is 3. The van der Waals surface area contributed by atoms with E-state index in [9.17, 15) is 32.9 Å². The minimum atomic E-state index is -3.99. The molecule has 2 aromatic carbocycles. The molecule has 0 aliphatic rings. The van der Waals surface area contributed by atoms with Crippen molar-refractivity contribution in [1.82, 2.24) is 15.4 Å². The van der Waals surface area contributed by atoms with Gasteiger partial charge in [0.1, 0.15) is 6.04 Å². The molecule has 0 heterocycles. The lowest BCUT2D eigenvalue weighted by atomic mass is 10.0. The van der Waals surface area contributed by atoms with Gasteiger partial charge in [-0.2, -0.15) is 0 Å². The highest BCUT2D eigenvalue weighted by Crippen LogP contribution is 2.15. The van der Waals surface area contributed by atoms with E-state index >= 15 is 0 Å². The highest BCUT2D eigenvalue weighted by molar-refractivity contribution is 7.90. The lowest BCUT2D eigenvalue weighted by Crippen LogP contribution is -2.47. The molecule has 0 aromatic heterocycles. The zero-order chi connectivity index (χ0) is 24.6. The summed E-state index contributed by atoms with van der Waals surface area (Å²) in [6.07, 6.45) is 0.318. The molecule has 0 aliphatic carbocycles. The number of benzene rings is 2. The number of nitro benzene ring substituents is 1. The van der Waals surface area contributed by atoms with Gasteiger partial charge in [0.05, 0.1) is 9.82 Å². The summed E-state index contributed by atoms with van der Waals surface area (Å²) in [7, 11) is -2.56. The van der Waals surface area contributed by atoms with E-state index < -0.39 is 38.7 Å². The Hall–Kier alpha value is -3.80. The molecule has 0 saturated carbocycles. The average molecular weight is 477 g/mol. The van der Waals surface area contributed by atoms with Crippen molar-refractivity contribution in [1.29, 1.82) is 0 Å². The SMILES string of the molecule is CNC(=O)[C@H](Cc1ccc([N+](=O)[O-])cc1)NC(=O)CCc1cccc(S(=O)(=O)NC(C)=O)c1. The van der Waals surface area contributed by atoms with E-state index in [0.29, 0.717) is 11.1 Å². The number of hydrogen-bond donors (Lipinski definition) is 3. The predicted octanol–water partition coefficient (Wildman–Crippen LogP) is 0.826. The van der Waals surface area contributed by atoms with Crippen molar-refractivity contribution in [2.75, 3.05) is 7.05 Å². The van der Waals surface area contributed by atoms with Gasteiger partial charge in [-0.1, -0.05) is 24.3 Å². The zero-order valence-corrected chi connectivity index (χ0v) is 18.8. The topological polar surface area (TPSA) is 165 Å². The fourth-order valence-corrected chi connectivity index (χ4v) is 4.07. The molecular formula is C21H24N4O7S. The van der Waals surface area contributed by atoms with Gasteiger partial charge < -0.3 is 10.6 Å². The number of likely N-dealkylation sites (N-methyl/N-ethyl adjacent to an activating group) is 1. The predicted molar refractivity (Wildman–Crippen MR) is 119 cm³/mol. The Bertz CT molecular complexity index is 1150. The number of non-ortho nitro benzene ring substituents is 1. The molecule has 0 radical (unpaired) electrons. The lowest BCUT2D eigenvalue weighted by molar-refractivity contribution is -0.384. The van der Waals surface area contributed by atoms with Crippen LogP contribution in [0.2, 0.25) is 0 Å². The Kier molecular flexibility index (Phi) is 8.63. The Morgan fingerprint density at radius 3 is 2.30 bits per heavy atom. The number of nitrogens with zero attached hydrogens (tertiary/aromatic N) is 1. The molecule has 0 saturated heterocycles. The summed E-state index contributed by atoms with van der Waals surface area (Å²) in [5, 5.41) is 15.9. The smallest absolute Gasteiger partial charge is 0.269 e.